The Kier molecular flexibility index (Phi) is 4.19. The molecule has 0 saturated heterocycles. The zero-order chi connectivity index (χ0) is 9.72. The summed E-state index contributed by atoms with van der Waals surface area (Å²) in [4.78, 5) is 0. The SMILES string of the molecule is C=C(O)C(C)/C(C)=C\C=C(\C)N. The molecule has 68 valence electrons. The van der Waals surface area contributed by atoms with E-state index >= 15 is 0 Å². The fraction of sp³-hybridized carbons (Fsp3) is 0.400. The minimum absolute atomic E-state index is 0.000556. The number of hydrogen-bond donors (Lipinski definition) is 2. The van der Waals surface area contributed by atoms with Gasteiger partial charge in [-0.1, -0.05) is 25.2 Å². The molecule has 1 atom stereocenters. The van der Waals surface area contributed by atoms with Crippen LogP contribution < -0.4 is 5.73 Å². The van der Waals surface area contributed by atoms with Crippen molar-refractivity contribution in [2.45, 2.75) is 20.8 Å². The van der Waals surface area contributed by atoms with Gasteiger partial charge in [-0.25, -0.2) is 0 Å². The van der Waals surface area contributed by atoms with E-state index in [1.165, 1.54) is 0 Å². The molecule has 0 amide bonds. The van der Waals surface area contributed by atoms with E-state index in [0.29, 0.717) is 0 Å². The van der Waals surface area contributed by atoms with Crippen LogP contribution in [0.2, 0.25) is 0 Å². The van der Waals surface area contributed by atoms with Crippen molar-refractivity contribution in [1.29, 1.82) is 0 Å². The van der Waals surface area contributed by atoms with Gasteiger partial charge >= 0.3 is 0 Å². The molecular formula is C10H17NO. The molecule has 0 aliphatic rings. The summed E-state index contributed by atoms with van der Waals surface area (Å²) in [5, 5.41) is 9.07. The fourth-order valence-electron chi connectivity index (χ4n) is 0.670. The van der Waals surface area contributed by atoms with Crippen molar-refractivity contribution in [2.75, 3.05) is 0 Å². The lowest BCUT2D eigenvalue weighted by molar-refractivity contribution is 0.362. The van der Waals surface area contributed by atoms with E-state index in [2.05, 4.69) is 6.58 Å². The first-order valence-electron chi connectivity index (χ1n) is 3.93. The molecular weight excluding hydrogens is 150 g/mol. The highest BCUT2D eigenvalue weighted by molar-refractivity contribution is 5.19. The average Bonchev–Trinajstić information content (AvgIpc) is 1.98. The Balaban J connectivity index is 4.38. The summed E-state index contributed by atoms with van der Waals surface area (Å²) in [6, 6.07) is 0. The van der Waals surface area contributed by atoms with E-state index in [0.717, 1.165) is 11.3 Å². The van der Waals surface area contributed by atoms with Crippen LogP contribution in [0, 0.1) is 5.92 Å². The molecule has 12 heavy (non-hydrogen) atoms. The summed E-state index contributed by atoms with van der Waals surface area (Å²) in [5.74, 6) is 0.187. The lowest BCUT2D eigenvalue weighted by Gasteiger charge is -2.08. The third-order valence-electron chi connectivity index (χ3n) is 1.79. The molecule has 0 saturated carbocycles. The highest BCUT2D eigenvalue weighted by atomic mass is 16.3. The van der Waals surface area contributed by atoms with Crippen LogP contribution in [0.25, 0.3) is 0 Å². The quantitative estimate of drug-likeness (QED) is 0.501. The summed E-state index contributed by atoms with van der Waals surface area (Å²) in [7, 11) is 0. The Morgan fingerprint density at radius 3 is 2.25 bits per heavy atom. The highest BCUT2D eigenvalue weighted by Gasteiger charge is 2.05. The Morgan fingerprint density at radius 1 is 1.42 bits per heavy atom. The molecule has 0 spiro atoms. The maximum Gasteiger partial charge on any atom is 0.0919 e. The first-order valence-corrected chi connectivity index (χ1v) is 3.93. The second kappa shape index (κ2) is 4.65. The molecule has 0 rings (SSSR count). The smallest absolute Gasteiger partial charge is 0.0919 e. The zero-order valence-corrected chi connectivity index (χ0v) is 7.96. The predicted octanol–water partition coefficient (Wildman–Crippen LogP) is 2.50. The maximum absolute atomic E-state index is 9.07. The minimum atomic E-state index is 0.000556. The lowest BCUT2D eigenvalue weighted by atomic mass is 10.0. The van der Waals surface area contributed by atoms with Gasteiger partial charge in [-0.15, -0.1) is 0 Å². The van der Waals surface area contributed by atoms with Crippen LogP contribution in [-0.4, -0.2) is 5.11 Å². The van der Waals surface area contributed by atoms with Gasteiger partial charge in [0.15, 0.2) is 0 Å². The van der Waals surface area contributed by atoms with Crippen LogP contribution in [-0.2, 0) is 0 Å². The van der Waals surface area contributed by atoms with Crippen molar-refractivity contribution in [3.8, 4) is 0 Å². The number of aliphatic hydroxyl groups excluding tert-OH is 1. The van der Waals surface area contributed by atoms with Crippen LogP contribution in [0.4, 0.5) is 0 Å². The third kappa shape index (κ3) is 3.86. The summed E-state index contributed by atoms with van der Waals surface area (Å²) in [6.45, 7) is 9.12. The second-order valence-electron chi connectivity index (χ2n) is 3.03. The molecule has 0 aliphatic heterocycles. The van der Waals surface area contributed by atoms with Crippen LogP contribution in [0.15, 0.2) is 35.8 Å². The fourth-order valence-corrected chi connectivity index (χ4v) is 0.670. The monoisotopic (exact) mass is 167 g/mol. The molecule has 0 radical (unpaired) electrons. The van der Waals surface area contributed by atoms with E-state index < -0.39 is 0 Å². The van der Waals surface area contributed by atoms with Crippen LogP contribution in [0.3, 0.4) is 0 Å². The van der Waals surface area contributed by atoms with Crippen LogP contribution in [0.1, 0.15) is 20.8 Å². The maximum atomic E-state index is 9.07. The minimum Gasteiger partial charge on any atom is -0.512 e. The largest absolute Gasteiger partial charge is 0.512 e. The molecule has 0 heterocycles. The Bertz CT molecular complexity index is 222. The number of hydrogen-bond acceptors (Lipinski definition) is 2. The summed E-state index contributed by atoms with van der Waals surface area (Å²) < 4.78 is 0. The molecule has 0 bridgehead atoms. The normalized spacial score (nSPS) is 15.9. The number of aliphatic hydroxyl groups is 1. The third-order valence-corrected chi connectivity index (χ3v) is 1.79. The van der Waals surface area contributed by atoms with Crippen LogP contribution in [0.5, 0.6) is 0 Å². The zero-order valence-electron chi connectivity index (χ0n) is 7.96. The second-order valence-corrected chi connectivity index (χ2v) is 3.03. The van der Waals surface area contributed by atoms with Gasteiger partial charge in [0.1, 0.15) is 0 Å². The van der Waals surface area contributed by atoms with Gasteiger partial charge in [0.2, 0.25) is 0 Å². The standard InChI is InChI=1S/C10H17NO/c1-7(5-6-8(2)11)9(3)10(4)12/h5-6,9,12H,4,11H2,1-3H3/b7-5-,8-6-. The van der Waals surface area contributed by atoms with Crippen molar-refractivity contribution in [3.05, 3.63) is 35.8 Å². The van der Waals surface area contributed by atoms with Gasteiger partial charge < -0.3 is 10.8 Å². The predicted molar refractivity (Wildman–Crippen MR) is 52.6 cm³/mol. The van der Waals surface area contributed by atoms with Gasteiger partial charge in [-0.05, 0) is 19.9 Å². The number of rotatable bonds is 3. The Hall–Kier alpha value is -1.18. The summed E-state index contributed by atoms with van der Waals surface area (Å²) in [6.07, 6.45) is 3.70. The van der Waals surface area contributed by atoms with Crippen molar-refractivity contribution in [1.82, 2.24) is 0 Å². The van der Waals surface area contributed by atoms with Gasteiger partial charge in [0, 0.05) is 11.6 Å². The average molecular weight is 167 g/mol. The van der Waals surface area contributed by atoms with Crippen molar-refractivity contribution >= 4 is 0 Å². The first kappa shape index (κ1) is 10.8. The first-order chi connectivity index (χ1) is 5.45. The molecule has 1 unspecified atom stereocenters. The van der Waals surface area contributed by atoms with Crippen molar-refractivity contribution in [2.24, 2.45) is 11.7 Å². The van der Waals surface area contributed by atoms with E-state index in [-0.39, 0.29) is 11.7 Å². The van der Waals surface area contributed by atoms with Gasteiger partial charge in [0.05, 0.1) is 5.76 Å². The van der Waals surface area contributed by atoms with Crippen molar-refractivity contribution < 1.29 is 5.11 Å². The molecule has 2 heteroatoms. The summed E-state index contributed by atoms with van der Waals surface area (Å²) >= 11 is 0. The van der Waals surface area contributed by atoms with Crippen molar-refractivity contribution in [3.63, 3.8) is 0 Å². The van der Waals surface area contributed by atoms with E-state index in [1.807, 2.05) is 32.9 Å². The van der Waals surface area contributed by atoms with E-state index in [1.54, 1.807) is 0 Å². The molecule has 0 aromatic heterocycles. The Labute approximate surface area is 74.1 Å². The number of nitrogens with two attached hydrogens (primary N) is 1. The molecule has 0 aromatic rings. The van der Waals surface area contributed by atoms with Gasteiger partial charge in [0.25, 0.3) is 0 Å². The highest BCUT2D eigenvalue weighted by Crippen LogP contribution is 2.15. The van der Waals surface area contributed by atoms with Crippen LogP contribution >= 0.6 is 0 Å². The molecule has 0 aliphatic carbocycles. The topological polar surface area (TPSA) is 46.2 Å². The lowest BCUT2D eigenvalue weighted by Crippen LogP contribution is -1.99. The molecule has 3 N–H and O–H groups in total. The molecule has 0 aromatic carbocycles. The van der Waals surface area contributed by atoms with E-state index in [4.69, 9.17) is 10.8 Å². The Morgan fingerprint density at radius 2 is 1.92 bits per heavy atom. The number of allylic oxidation sites excluding steroid dienone is 4. The molecule has 2 nitrogen and oxygen atoms in total. The van der Waals surface area contributed by atoms with Gasteiger partial charge in [-0.3, -0.25) is 0 Å². The van der Waals surface area contributed by atoms with E-state index in [9.17, 15) is 0 Å². The summed E-state index contributed by atoms with van der Waals surface area (Å²) in [5.41, 5.74) is 7.25. The molecule has 0 fully saturated rings. The van der Waals surface area contributed by atoms with Gasteiger partial charge in [-0.2, -0.15) is 0 Å².